The molecule has 2 atom stereocenters. The zero-order chi connectivity index (χ0) is 13.0. The van der Waals surface area contributed by atoms with Crippen LogP contribution in [0.3, 0.4) is 0 Å². The Kier molecular flexibility index (Phi) is 3.96. The van der Waals surface area contributed by atoms with Gasteiger partial charge < -0.3 is 10.1 Å². The van der Waals surface area contributed by atoms with E-state index in [9.17, 15) is 4.79 Å². The highest BCUT2D eigenvalue weighted by molar-refractivity contribution is 5.93. The smallest absolute Gasteiger partial charge is 0.230 e. The molecule has 1 aliphatic heterocycles. The van der Waals surface area contributed by atoms with Gasteiger partial charge >= 0.3 is 0 Å². The first kappa shape index (κ1) is 12.6. The number of nitrogens with zero attached hydrogens (tertiary/aromatic N) is 1. The van der Waals surface area contributed by atoms with E-state index >= 15 is 0 Å². The summed E-state index contributed by atoms with van der Waals surface area (Å²) in [7, 11) is 0. The average molecular weight is 244 g/mol. The fourth-order valence-electron chi connectivity index (χ4n) is 2.11. The number of ether oxygens (including phenoxy) is 1. The average Bonchev–Trinajstić information content (AvgIpc) is 2.78. The van der Waals surface area contributed by atoms with E-state index in [-0.39, 0.29) is 17.9 Å². The van der Waals surface area contributed by atoms with Crippen LogP contribution in [0.2, 0.25) is 0 Å². The Morgan fingerprint density at radius 1 is 1.50 bits per heavy atom. The number of hydrogen-bond acceptors (Lipinski definition) is 3. The maximum absolute atomic E-state index is 12.0. The fraction of sp³-hybridized carbons (Fsp3) is 0.429. The summed E-state index contributed by atoms with van der Waals surface area (Å²) in [5.41, 5.74) is 1.72. The van der Waals surface area contributed by atoms with Crippen molar-refractivity contribution in [3.8, 4) is 6.07 Å². The molecule has 2 rings (SSSR count). The second kappa shape index (κ2) is 5.65. The summed E-state index contributed by atoms with van der Waals surface area (Å²) < 4.78 is 5.38. The van der Waals surface area contributed by atoms with E-state index in [1.165, 1.54) is 0 Å². The summed E-state index contributed by atoms with van der Waals surface area (Å²) >= 11 is 0. The Hall–Kier alpha value is -1.86. The predicted molar refractivity (Wildman–Crippen MR) is 67.9 cm³/mol. The van der Waals surface area contributed by atoms with Crippen LogP contribution in [0.5, 0.6) is 0 Å². The van der Waals surface area contributed by atoms with Gasteiger partial charge in [0.1, 0.15) is 0 Å². The molecule has 1 aliphatic rings. The lowest BCUT2D eigenvalue weighted by Crippen LogP contribution is -2.27. The first-order chi connectivity index (χ1) is 8.70. The van der Waals surface area contributed by atoms with Gasteiger partial charge in [0.15, 0.2) is 0 Å². The van der Waals surface area contributed by atoms with Gasteiger partial charge in [-0.3, -0.25) is 4.79 Å². The summed E-state index contributed by atoms with van der Waals surface area (Å²) in [4.78, 5) is 12.0. The first-order valence-corrected chi connectivity index (χ1v) is 6.09. The molecule has 0 spiro atoms. The number of rotatable bonds is 3. The summed E-state index contributed by atoms with van der Waals surface area (Å²) in [5, 5.41) is 11.5. The quantitative estimate of drug-likeness (QED) is 0.885. The molecule has 94 valence electrons. The molecule has 1 saturated heterocycles. The summed E-state index contributed by atoms with van der Waals surface area (Å²) in [6.07, 6.45) is 1.16. The monoisotopic (exact) mass is 244 g/mol. The number of amides is 1. The van der Waals surface area contributed by atoms with E-state index in [1.54, 1.807) is 0 Å². The van der Waals surface area contributed by atoms with Crippen molar-refractivity contribution < 1.29 is 9.53 Å². The summed E-state index contributed by atoms with van der Waals surface area (Å²) in [6, 6.07) is 9.45. The molecular formula is C14H16N2O2. The van der Waals surface area contributed by atoms with Crippen LogP contribution in [0, 0.1) is 17.2 Å². The van der Waals surface area contributed by atoms with Gasteiger partial charge in [-0.15, -0.1) is 0 Å². The van der Waals surface area contributed by atoms with Crippen molar-refractivity contribution in [1.29, 1.82) is 5.26 Å². The second-order valence-electron chi connectivity index (χ2n) is 4.49. The van der Waals surface area contributed by atoms with Crippen molar-refractivity contribution in [2.75, 3.05) is 11.9 Å². The van der Waals surface area contributed by atoms with Crippen LogP contribution in [-0.2, 0) is 16.0 Å². The molecule has 1 aromatic rings. The predicted octanol–water partition coefficient (Wildman–Crippen LogP) is 2.12. The molecule has 2 unspecified atom stereocenters. The summed E-state index contributed by atoms with van der Waals surface area (Å²) in [6.45, 7) is 2.58. The number of nitrogens with one attached hydrogen (secondary N) is 1. The van der Waals surface area contributed by atoms with Gasteiger partial charge in [-0.05, 0) is 31.0 Å². The third kappa shape index (κ3) is 2.88. The van der Waals surface area contributed by atoms with Crippen molar-refractivity contribution in [3.05, 3.63) is 29.8 Å². The second-order valence-corrected chi connectivity index (χ2v) is 4.49. The van der Waals surface area contributed by atoms with Gasteiger partial charge in [0, 0.05) is 12.3 Å². The fourth-order valence-corrected chi connectivity index (χ4v) is 2.11. The maximum Gasteiger partial charge on any atom is 0.230 e. The molecule has 1 aromatic carbocycles. The van der Waals surface area contributed by atoms with Gasteiger partial charge in [-0.1, -0.05) is 12.1 Å². The minimum atomic E-state index is -0.0659. The molecule has 4 nitrogen and oxygen atoms in total. The highest BCUT2D eigenvalue weighted by atomic mass is 16.5. The molecule has 0 radical (unpaired) electrons. The molecule has 1 fully saturated rings. The lowest BCUT2D eigenvalue weighted by Gasteiger charge is -2.14. The topological polar surface area (TPSA) is 62.1 Å². The highest BCUT2D eigenvalue weighted by Crippen LogP contribution is 2.22. The Morgan fingerprint density at radius 3 is 2.78 bits per heavy atom. The van der Waals surface area contributed by atoms with Crippen molar-refractivity contribution in [2.45, 2.75) is 25.9 Å². The SMILES string of the molecule is CC1OCCC1C(=O)Nc1ccc(CC#N)cc1. The zero-order valence-corrected chi connectivity index (χ0v) is 10.3. The molecule has 18 heavy (non-hydrogen) atoms. The molecule has 1 amide bonds. The number of nitriles is 1. The standard InChI is InChI=1S/C14H16N2O2/c1-10-13(7-9-18-10)14(17)16-12-4-2-11(3-5-12)6-8-15/h2-5,10,13H,6-7,9H2,1H3,(H,16,17). The number of carbonyl (C=O) groups excluding carboxylic acids is 1. The van der Waals surface area contributed by atoms with Crippen LogP contribution in [-0.4, -0.2) is 18.6 Å². The molecule has 1 heterocycles. The van der Waals surface area contributed by atoms with Crippen molar-refractivity contribution in [3.63, 3.8) is 0 Å². The molecular weight excluding hydrogens is 228 g/mol. The third-order valence-corrected chi connectivity index (χ3v) is 3.22. The Labute approximate surface area is 107 Å². The first-order valence-electron chi connectivity index (χ1n) is 6.09. The zero-order valence-electron chi connectivity index (χ0n) is 10.3. The van der Waals surface area contributed by atoms with Crippen molar-refractivity contribution >= 4 is 11.6 Å². The molecule has 4 heteroatoms. The van der Waals surface area contributed by atoms with Gasteiger partial charge in [0.05, 0.1) is 24.5 Å². The van der Waals surface area contributed by atoms with E-state index in [4.69, 9.17) is 10.00 Å². The molecule has 1 N–H and O–H groups in total. The van der Waals surface area contributed by atoms with E-state index in [0.29, 0.717) is 13.0 Å². The number of anilines is 1. The Morgan fingerprint density at radius 2 is 2.22 bits per heavy atom. The minimum absolute atomic E-state index is 0.00744. The highest BCUT2D eigenvalue weighted by Gasteiger charge is 2.30. The van der Waals surface area contributed by atoms with Gasteiger partial charge in [-0.2, -0.15) is 5.26 Å². The maximum atomic E-state index is 12.0. The lowest BCUT2D eigenvalue weighted by atomic mass is 10.0. The summed E-state index contributed by atoms with van der Waals surface area (Å²) in [5.74, 6) is -0.0585. The Bertz CT molecular complexity index is 462. The van der Waals surface area contributed by atoms with Gasteiger partial charge in [0.2, 0.25) is 5.91 Å². The van der Waals surface area contributed by atoms with Crippen LogP contribution in [0.25, 0.3) is 0 Å². The molecule has 0 bridgehead atoms. The molecule has 0 saturated carbocycles. The van der Waals surface area contributed by atoms with E-state index < -0.39 is 0 Å². The van der Waals surface area contributed by atoms with Crippen LogP contribution in [0.4, 0.5) is 5.69 Å². The number of carbonyl (C=O) groups is 1. The number of benzene rings is 1. The van der Waals surface area contributed by atoms with Gasteiger partial charge in [0.25, 0.3) is 0 Å². The van der Waals surface area contributed by atoms with Crippen molar-refractivity contribution in [1.82, 2.24) is 0 Å². The number of hydrogen-bond donors (Lipinski definition) is 1. The van der Waals surface area contributed by atoms with Crippen LogP contribution in [0.15, 0.2) is 24.3 Å². The van der Waals surface area contributed by atoms with E-state index in [0.717, 1.165) is 17.7 Å². The molecule has 0 aliphatic carbocycles. The van der Waals surface area contributed by atoms with Gasteiger partial charge in [-0.25, -0.2) is 0 Å². The lowest BCUT2D eigenvalue weighted by molar-refractivity contribution is -0.121. The van der Waals surface area contributed by atoms with Crippen LogP contribution >= 0.6 is 0 Å². The van der Waals surface area contributed by atoms with Crippen molar-refractivity contribution in [2.24, 2.45) is 5.92 Å². The largest absolute Gasteiger partial charge is 0.378 e. The van der Waals surface area contributed by atoms with Crippen LogP contribution in [0.1, 0.15) is 18.9 Å². The molecule has 0 aromatic heterocycles. The van der Waals surface area contributed by atoms with E-state index in [2.05, 4.69) is 11.4 Å². The van der Waals surface area contributed by atoms with Crippen LogP contribution < -0.4 is 5.32 Å². The Balaban J connectivity index is 1.97. The third-order valence-electron chi connectivity index (χ3n) is 3.22. The normalized spacial score (nSPS) is 22.4. The minimum Gasteiger partial charge on any atom is -0.378 e. The van der Waals surface area contributed by atoms with E-state index in [1.807, 2.05) is 31.2 Å².